The fourth-order valence-corrected chi connectivity index (χ4v) is 12.9. The van der Waals surface area contributed by atoms with Crippen LogP contribution in [0.3, 0.4) is 0 Å². The fourth-order valence-electron chi connectivity index (χ4n) is 12.9. The number of carbonyl (C=O) groups is 3. The molecule has 18 heteroatoms. The molecule has 8 aliphatic heterocycles. The normalized spacial score (nSPS) is 32.1. The molecule has 17 nitrogen and oxygen atoms in total. The Balaban J connectivity index is 0.640. The van der Waals surface area contributed by atoms with Gasteiger partial charge < -0.3 is 25.1 Å². The standard InChI is InChI=1S/C51H69FN12O5/c1-50(69)18-3-2-4-23-62-47(67)39-31-53-49(57-45(39)64(62)42-7-5-6-41(50)55-42)54-34-8-10-35(11-9-34)61-28-21-51(22-29-61)19-26-59(27-20-51)32-33-16-24-60(25-17-33)36-12-13-37-38(30-36)48(68)63(58-44(37)52)40-14-15-43(65)56-46(40)66/h2,4,8-13,30,33,39-42,45,49,53-55,57,69H,3,5-7,14-29,31-32H2,1H3,(H,56,65,66)/b4-2-/t39?,40?,41?,42?,45?,49?,50-/m1/s1. The Morgan fingerprint density at radius 1 is 0.826 bits per heavy atom. The summed E-state index contributed by atoms with van der Waals surface area (Å²) in [7, 11) is 0. The maximum absolute atomic E-state index is 15.1. The number of aromatic nitrogens is 2. The lowest BCUT2D eigenvalue weighted by atomic mass is 9.71. The van der Waals surface area contributed by atoms with E-state index in [1.807, 2.05) is 18.0 Å². The quantitative estimate of drug-likeness (QED) is 0.149. The number of amides is 3. The maximum atomic E-state index is 15.1. The number of nitrogens with zero attached hydrogens (tertiary/aromatic N) is 7. The number of nitrogens with one attached hydrogen (secondary N) is 5. The Labute approximate surface area is 403 Å². The van der Waals surface area contributed by atoms with Crippen LogP contribution in [-0.2, 0) is 14.4 Å². The molecule has 0 aliphatic carbocycles. The van der Waals surface area contributed by atoms with Gasteiger partial charge in [-0.25, -0.2) is 4.68 Å². The Hall–Kier alpha value is -4.98. The molecular weight excluding hydrogens is 880 g/mol. The number of anilines is 3. The number of carbonyl (C=O) groups excluding carboxylic acids is 3. The number of aliphatic hydroxyl groups is 1. The lowest BCUT2D eigenvalue weighted by Crippen LogP contribution is -2.69. The van der Waals surface area contributed by atoms with Crippen LogP contribution in [0.2, 0.25) is 0 Å². The SMILES string of the molecule is C[C@@]1(O)CC/C=C\CN2C(=O)C3CNC(Nc4ccc(N5CCC6(CCN(CC7CCN(c8ccc9c(F)nn(C%10CCC(=O)NC%10=O)c(=O)c9c8)CC7)CC6)CC5)cc4)NC3N2C2CCCC1N2. The summed E-state index contributed by atoms with van der Waals surface area (Å²) in [6.45, 7) is 10.3. The predicted octanol–water partition coefficient (Wildman–Crippen LogP) is 3.57. The summed E-state index contributed by atoms with van der Waals surface area (Å²) in [6, 6.07) is 13.0. The molecule has 6 N–H and O–H groups in total. The van der Waals surface area contributed by atoms with E-state index < -0.39 is 35.0 Å². The van der Waals surface area contributed by atoms with Gasteiger partial charge in [0.15, 0.2) is 0 Å². The first-order valence-corrected chi connectivity index (χ1v) is 25.8. The first-order chi connectivity index (χ1) is 33.4. The van der Waals surface area contributed by atoms with Crippen LogP contribution in [0.5, 0.6) is 0 Å². The highest BCUT2D eigenvalue weighted by atomic mass is 19.1. The first-order valence-electron chi connectivity index (χ1n) is 25.8. The van der Waals surface area contributed by atoms with Crippen LogP contribution in [-0.4, -0.2) is 137 Å². The van der Waals surface area contributed by atoms with E-state index in [2.05, 4.69) is 87.8 Å². The summed E-state index contributed by atoms with van der Waals surface area (Å²) in [4.78, 5) is 59.0. The van der Waals surface area contributed by atoms with Gasteiger partial charge in [-0.15, -0.1) is 5.10 Å². The Morgan fingerprint density at radius 2 is 1.57 bits per heavy atom. The van der Waals surface area contributed by atoms with E-state index in [0.29, 0.717) is 30.8 Å². The number of halogens is 1. The van der Waals surface area contributed by atoms with Crippen molar-refractivity contribution < 1.29 is 23.9 Å². The van der Waals surface area contributed by atoms with Gasteiger partial charge in [-0.3, -0.25) is 45.5 Å². The second kappa shape index (κ2) is 19.0. The Bertz CT molecular complexity index is 2490. The van der Waals surface area contributed by atoms with Gasteiger partial charge in [0.2, 0.25) is 17.8 Å². The molecule has 7 fully saturated rings. The van der Waals surface area contributed by atoms with Crippen molar-refractivity contribution in [2.75, 3.05) is 74.0 Å². The summed E-state index contributed by atoms with van der Waals surface area (Å²) >= 11 is 0. The van der Waals surface area contributed by atoms with Crippen LogP contribution in [0.4, 0.5) is 21.5 Å². The smallest absolute Gasteiger partial charge is 0.275 e. The minimum atomic E-state index is -1.02. The molecule has 2 aromatic carbocycles. The fraction of sp³-hybridized carbons (Fsp3) is 0.627. The zero-order valence-corrected chi connectivity index (χ0v) is 39.9. The van der Waals surface area contributed by atoms with Crippen molar-refractivity contribution in [1.29, 1.82) is 0 Å². The van der Waals surface area contributed by atoms with Gasteiger partial charge in [0.05, 0.1) is 35.8 Å². The van der Waals surface area contributed by atoms with Crippen molar-refractivity contribution in [1.82, 2.24) is 46.0 Å². The van der Waals surface area contributed by atoms with Gasteiger partial charge in [-0.05, 0) is 151 Å². The highest BCUT2D eigenvalue weighted by molar-refractivity contribution is 5.99. The number of benzene rings is 2. The molecule has 1 aromatic heterocycles. The van der Waals surface area contributed by atoms with Crippen molar-refractivity contribution in [3.63, 3.8) is 0 Å². The monoisotopic (exact) mass is 949 g/mol. The van der Waals surface area contributed by atoms with E-state index in [9.17, 15) is 24.3 Å². The van der Waals surface area contributed by atoms with E-state index in [-0.39, 0.29) is 60.1 Å². The summed E-state index contributed by atoms with van der Waals surface area (Å²) in [5.41, 5.74) is 2.20. The molecule has 7 atom stereocenters. The highest BCUT2D eigenvalue weighted by Crippen LogP contribution is 2.43. The van der Waals surface area contributed by atoms with E-state index in [1.165, 1.54) is 31.4 Å². The van der Waals surface area contributed by atoms with Crippen molar-refractivity contribution >= 4 is 45.6 Å². The number of hydrogen-bond acceptors (Lipinski definition) is 14. The van der Waals surface area contributed by atoms with Crippen LogP contribution < -0.4 is 41.9 Å². The molecule has 8 aliphatic rings. The topological polar surface area (TPSA) is 183 Å². The number of fused-ring (bicyclic) bond motifs is 7. The molecular formula is C51H69FN12O5. The molecule has 7 saturated heterocycles. The van der Waals surface area contributed by atoms with Crippen molar-refractivity contribution in [2.24, 2.45) is 17.3 Å². The largest absolute Gasteiger partial charge is 0.389 e. The van der Waals surface area contributed by atoms with Crippen LogP contribution in [0, 0.1) is 23.2 Å². The number of rotatable bonds is 7. The zero-order chi connectivity index (χ0) is 47.4. The number of imide groups is 1. The summed E-state index contributed by atoms with van der Waals surface area (Å²) < 4.78 is 16.0. The molecule has 3 aromatic rings. The second-order valence-electron chi connectivity index (χ2n) is 21.5. The molecule has 0 saturated carbocycles. The highest BCUT2D eigenvalue weighted by Gasteiger charge is 2.53. The van der Waals surface area contributed by atoms with E-state index in [0.717, 1.165) is 100 Å². The third kappa shape index (κ3) is 9.28. The number of hydrazine groups is 1. The lowest BCUT2D eigenvalue weighted by Gasteiger charge is -2.48. The van der Waals surface area contributed by atoms with Gasteiger partial charge in [-0.2, -0.15) is 9.40 Å². The molecule has 6 unspecified atom stereocenters. The maximum Gasteiger partial charge on any atom is 0.275 e. The molecule has 3 amide bonds. The van der Waals surface area contributed by atoms with Crippen LogP contribution in [0.25, 0.3) is 10.8 Å². The van der Waals surface area contributed by atoms with Gasteiger partial charge in [0.25, 0.3) is 11.5 Å². The molecule has 370 valence electrons. The Kier molecular flexibility index (Phi) is 12.8. The van der Waals surface area contributed by atoms with Gasteiger partial charge in [0, 0.05) is 74.2 Å². The van der Waals surface area contributed by atoms with E-state index in [1.54, 1.807) is 12.1 Å². The summed E-state index contributed by atoms with van der Waals surface area (Å²) in [5, 5.41) is 36.6. The van der Waals surface area contributed by atoms with Gasteiger partial charge in [-0.1, -0.05) is 12.2 Å². The number of likely N-dealkylation sites (tertiary alicyclic amines) is 1. The Morgan fingerprint density at radius 3 is 2.33 bits per heavy atom. The average Bonchev–Trinajstić information content (AvgIpc) is 3.63. The molecule has 11 rings (SSSR count). The van der Waals surface area contributed by atoms with E-state index in [4.69, 9.17) is 0 Å². The van der Waals surface area contributed by atoms with Crippen LogP contribution >= 0.6 is 0 Å². The van der Waals surface area contributed by atoms with Crippen molar-refractivity contribution in [2.45, 2.75) is 127 Å². The first kappa shape index (κ1) is 46.4. The minimum Gasteiger partial charge on any atom is -0.389 e. The minimum absolute atomic E-state index is 0.0239. The zero-order valence-electron chi connectivity index (χ0n) is 39.9. The second-order valence-corrected chi connectivity index (χ2v) is 21.5. The molecule has 2 bridgehead atoms. The van der Waals surface area contributed by atoms with Crippen molar-refractivity contribution in [3.05, 3.63) is 70.9 Å². The molecule has 9 heterocycles. The lowest BCUT2D eigenvalue weighted by molar-refractivity contribution is -0.146. The number of hydrogen-bond donors (Lipinski definition) is 6. The molecule has 69 heavy (non-hydrogen) atoms. The van der Waals surface area contributed by atoms with Crippen LogP contribution in [0.15, 0.2) is 59.4 Å². The third-order valence-electron chi connectivity index (χ3n) is 17.2. The molecule has 0 radical (unpaired) electrons. The number of allylic oxidation sites excluding steroid dienone is 1. The average molecular weight is 949 g/mol. The molecule has 1 spiro atoms. The number of piperidine rings is 5. The third-order valence-corrected chi connectivity index (χ3v) is 17.2. The summed E-state index contributed by atoms with van der Waals surface area (Å²) in [5.74, 6) is -1.32. The van der Waals surface area contributed by atoms with Crippen molar-refractivity contribution in [3.8, 4) is 0 Å². The van der Waals surface area contributed by atoms with Gasteiger partial charge >= 0.3 is 0 Å². The predicted molar refractivity (Wildman–Crippen MR) is 261 cm³/mol. The summed E-state index contributed by atoms with van der Waals surface area (Å²) in [6.07, 6.45) is 15.2. The van der Waals surface area contributed by atoms with E-state index >= 15 is 4.39 Å². The van der Waals surface area contributed by atoms with Gasteiger partial charge in [0.1, 0.15) is 12.3 Å². The van der Waals surface area contributed by atoms with Crippen LogP contribution in [0.1, 0.15) is 96.4 Å².